The minimum Gasteiger partial charge on any atom is -0.387 e. The second kappa shape index (κ2) is 4.12. The highest BCUT2D eigenvalue weighted by Gasteiger charge is 2.10. The van der Waals surface area contributed by atoms with E-state index in [-0.39, 0.29) is 0 Å². The standard InChI is InChI=1S/C14H18N2/c1-5-12-10(3)14(15-4)11-8-6-7-9(2)13(11)16-12/h6-8H,5H2,1-4H3,(H,15,16). The largest absolute Gasteiger partial charge is 0.387 e. The van der Waals surface area contributed by atoms with Gasteiger partial charge in [0.2, 0.25) is 0 Å². The Hall–Kier alpha value is -1.57. The first kappa shape index (κ1) is 10.9. The Bertz CT molecular complexity index is 530. The first-order valence-corrected chi connectivity index (χ1v) is 5.75. The zero-order chi connectivity index (χ0) is 11.7. The van der Waals surface area contributed by atoms with Gasteiger partial charge in [0.05, 0.1) is 5.52 Å². The molecule has 0 aliphatic heterocycles. The van der Waals surface area contributed by atoms with E-state index < -0.39 is 0 Å². The van der Waals surface area contributed by atoms with Gasteiger partial charge >= 0.3 is 0 Å². The molecule has 16 heavy (non-hydrogen) atoms. The average molecular weight is 214 g/mol. The van der Waals surface area contributed by atoms with Gasteiger partial charge in [-0.1, -0.05) is 25.1 Å². The van der Waals surface area contributed by atoms with Crippen molar-refractivity contribution in [2.75, 3.05) is 12.4 Å². The zero-order valence-corrected chi connectivity index (χ0v) is 10.4. The summed E-state index contributed by atoms with van der Waals surface area (Å²) in [5.74, 6) is 0. The fourth-order valence-corrected chi connectivity index (χ4v) is 2.24. The van der Waals surface area contributed by atoms with Crippen molar-refractivity contribution in [2.45, 2.75) is 27.2 Å². The number of nitrogens with zero attached hydrogens (tertiary/aromatic N) is 1. The van der Waals surface area contributed by atoms with Crippen LogP contribution in [0.15, 0.2) is 18.2 Å². The van der Waals surface area contributed by atoms with Gasteiger partial charge in [-0.05, 0) is 31.4 Å². The van der Waals surface area contributed by atoms with Crippen molar-refractivity contribution in [1.82, 2.24) is 4.98 Å². The van der Waals surface area contributed by atoms with E-state index in [1.807, 2.05) is 7.05 Å². The molecule has 2 rings (SSSR count). The minimum absolute atomic E-state index is 0.977. The van der Waals surface area contributed by atoms with Crippen molar-refractivity contribution in [1.29, 1.82) is 0 Å². The second-order valence-corrected chi connectivity index (χ2v) is 4.13. The van der Waals surface area contributed by atoms with Crippen molar-refractivity contribution >= 4 is 16.6 Å². The SMILES string of the molecule is CCc1nc2c(C)cccc2c(NC)c1C. The van der Waals surface area contributed by atoms with Gasteiger partial charge in [0.1, 0.15) is 0 Å². The summed E-state index contributed by atoms with van der Waals surface area (Å²) in [5.41, 5.74) is 6.03. The second-order valence-electron chi connectivity index (χ2n) is 4.13. The smallest absolute Gasteiger partial charge is 0.0755 e. The van der Waals surface area contributed by atoms with E-state index in [4.69, 9.17) is 4.98 Å². The number of para-hydroxylation sites is 1. The third kappa shape index (κ3) is 1.54. The van der Waals surface area contributed by atoms with Gasteiger partial charge in [-0.3, -0.25) is 4.98 Å². The molecule has 0 atom stereocenters. The molecule has 0 saturated heterocycles. The Labute approximate surface area is 96.7 Å². The van der Waals surface area contributed by atoms with Crippen LogP contribution >= 0.6 is 0 Å². The molecule has 0 spiro atoms. The van der Waals surface area contributed by atoms with E-state index in [1.165, 1.54) is 27.9 Å². The Morgan fingerprint density at radius 1 is 1.25 bits per heavy atom. The van der Waals surface area contributed by atoms with Crippen molar-refractivity contribution in [3.8, 4) is 0 Å². The van der Waals surface area contributed by atoms with Gasteiger partial charge in [0.15, 0.2) is 0 Å². The number of anilines is 1. The lowest BCUT2D eigenvalue weighted by atomic mass is 10.0. The van der Waals surface area contributed by atoms with Crippen LogP contribution in [0, 0.1) is 13.8 Å². The highest BCUT2D eigenvalue weighted by atomic mass is 14.8. The molecule has 2 aromatic rings. The number of fused-ring (bicyclic) bond motifs is 1. The van der Waals surface area contributed by atoms with Gasteiger partial charge in [0, 0.05) is 23.8 Å². The fraction of sp³-hybridized carbons (Fsp3) is 0.357. The van der Waals surface area contributed by atoms with Crippen LogP contribution < -0.4 is 5.32 Å². The molecule has 1 heterocycles. The van der Waals surface area contributed by atoms with Crippen molar-refractivity contribution in [2.24, 2.45) is 0 Å². The number of pyridine rings is 1. The monoisotopic (exact) mass is 214 g/mol. The summed E-state index contributed by atoms with van der Waals surface area (Å²) in [6, 6.07) is 6.34. The van der Waals surface area contributed by atoms with Crippen LogP contribution in [0.5, 0.6) is 0 Å². The number of benzene rings is 1. The molecular formula is C14H18N2. The predicted octanol–water partition coefficient (Wildman–Crippen LogP) is 3.46. The molecule has 0 saturated carbocycles. The number of aryl methyl sites for hydroxylation is 2. The maximum Gasteiger partial charge on any atom is 0.0755 e. The third-order valence-electron chi connectivity index (χ3n) is 3.15. The summed E-state index contributed by atoms with van der Waals surface area (Å²) in [6.45, 7) is 6.40. The lowest BCUT2D eigenvalue weighted by Crippen LogP contribution is -2.01. The molecule has 1 aromatic carbocycles. The predicted molar refractivity (Wildman–Crippen MR) is 70.1 cm³/mol. The zero-order valence-electron chi connectivity index (χ0n) is 10.4. The normalized spacial score (nSPS) is 10.8. The number of nitrogens with one attached hydrogen (secondary N) is 1. The molecule has 0 bridgehead atoms. The first-order valence-electron chi connectivity index (χ1n) is 5.75. The number of hydrogen-bond donors (Lipinski definition) is 1. The van der Waals surface area contributed by atoms with Crippen LogP contribution in [-0.2, 0) is 6.42 Å². The number of hydrogen-bond acceptors (Lipinski definition) is 2. The molecule has 0 unspecified atom stereocenters. The molecule has 0 amide bonds. The summed E-state index contributed by atoms with van der Waals surface area (Å²) in [5, 5.41) is 4.52. The Morgan fingerprint density at radius 3 is 2.62 bits per heavy atom. The molecule has 1 aromatic heterocycles. The number of aromatic nitrogens is 1. The average Bonchev–Trinajstić information content (AvgIpc) is 2.29. The quantitative estimate of drug-likeness (QED) is 0.828. The number of rotatable bonds is 2. The Kier molecular flexibility index (Phi) is 2.82. The molecule has 2 nitrogen and oxygen atoms in total. The Morgan fingerprint density at radius 2 is 2.00 bits per heavy atom. The lowest BCUT2D eigenvalue weighted by Gasteiger charge is -2.14. The van der Waals surface area contributed by atoms with Gasteiger partial charge < -0.3 is 5.32 Å². The topological polar surface area (TPSA) is 24.9 Å². The van der Waals surface area contributed by atoms with Crippen LogP contribution in [0.2, 0.25) is 0 Å². The molecule has 0 radical (unpaired) electrons. The van der Waals surface area contributed by atoms with Gasteiger partial charge in [-0.15, -0.1) is 0 Å². The van der Waals surface area contributed by atoms with Crippen LogP contribution in [0.3, 0.4) is 0 Å². The summed E-state index contributed by atoms with van der Waals surface area (Å²) in [7, 11) is 1.98. The van der Waals surface area contributed by atoms with Gasteiger partial charge in [0.25, 0.3) is 0 Å². The lowest BCUT2D eigenvalue weighted by molar-refractivity contribution is 1.03. The van der Waals surface area contributed by atoms with Crippen LogP contribution in [0.4, 0.5) is 5.69 Å². The molecule has 0 fully saturated rings. The van der Waals surface area contributed by atoms with Gasteiger partial charge in [-0.25, -0.2) is 0 Å². The summed E-state index contributed by atoms with van der Waals surface area (Å²) in [4.78, 5) is 4.76. The third-order valence-corrected chi connectivity index (χ3v) is 3.15. The molecule has 1 N–H and O–H groups in total. The van der Waals surface area contributed by atoms with Crippen LogP contribution in [-0.4, -0.2) is 12.0 Å². The summed E-state index contributed by atoms with van der Waals surface area (Å²) >= 11 is 0. The molecule has 84 valence electrons. The van der Waals surface area contributed by atoms with E-state index >= 15 is 0 Å². The van der Waals surface area contributed by atoms with Crippen LogP contribution in [0.25, 0.3) is 10.9 Å². The first-order chi connectivity index (χ1) is 7.69. The van der Waals surface area contributed by atoms with Gasteiger partial charge in [-0.2, -0.15) is 0 Å². The minimum atomic E-state index is 0.977. The van der Waals surface area contributed by atoms with Crippen molar-refractivity contribution in [3.05, 3.63) is 35.0 Å². The molecular weight excluding hydrogens is 196 g/mol. The van der Waals surface area contributed by atoms with E-state index in [9.17, 15) is 0 Å². The van der Waals surface area contributed by atoms with Crippen molar-refractivity contribution < 1.29 is 0 Å². The summed E-state index contributed by atoms with van der Waals surface area (Å²) < 4.78 is 0. The van der Waals surface area contributed by atoms with E-state index in [1.54, 1.807) is 0 Å². The summed E-state index contributed by atoms with van der Waals surface area (Å²) in [6.07, 6.45) is 0.977. The van der Waals surface area contributed by atoms with E-state index in [0.29, 0.717) is 0 Å². The Balaban J connectivity index is 2.89. The maximum absolute atomic E-state index is 4.76. The highest BCUT2D eigenvalue weighted by Crippen LogP contribution is 2.29. The molecule has 2 heteroatoms. The maximum atomic E-state index is 4.76. The fourth-order valence-electron chi connectivity index (χ4n) is 2.24. The van der Waals surface area contributed by atoms with E-state index in [0.717, 1.165) is 11.9 Å². The van der Waals surface area contributed by atoms with Crippen molar-refractivity contribution in [3.63, 3.8) is 0 Å². The molecule has 0 aliphatic carbocycles. The molecule has 0 aliphatic rings. The highest BCUT2D eigenvalue weighted by molar-refractivity contribution is 5.94. The van der Waals surface area contributed by atoms with Crippen LogP contribution in [0.1, 0.15) is 23.7 Å². The van der Waals surface area contributed by atoms with E-state index in [2.05, 4.69) is 44.3 Å².